The summed E-state index contributed by atoms with van der Waals surface area (Å²) < 4.78 is 0.932. The molecule has 4 rings (SSSR count). The molecule has 0 unspecified atom stereocenters. The maximum Gasteiger partial charge on any atom is 0.164 e. The van der Waals surface area contributed by atoms with Gasteiger partial charge < -0.3 is 9.59 Å². The Labute approximate surface area is 154 Å². The van der Waals surface area contributed by atoms with Crippen LogP contribution in [0.5, 0.6) is 0 Å². The molecule has 1 fully saturated rings. The van der Waals surface area contributed by atoms with Gasteiger partial charge in [-0.15, -0.1) is 11.8 Å². The highest BCUT2D eigenvalue weighted by molar-refractivity contribution is 7.98. The molecular weight excluding hydrogens is 326 g/mol. The topological polar surface area (TPSA) is 20.2 Å². The highest BCUT2D eigenvalue weighted by Crippen LogP contribution is 2.51. The molecule has 0 aromatic heterocycles. The van der Waals surface area contributed by atoms with Gasteiger partial charge in [0.25, 0.3) is 0 Å². The molecule has 0 saturated carbocycles. The summed E-state index contributed by atoms with van der Waals surface area (Å²) in [7, 11) is 0. The second-order valence-electron chi connectivity index (χ2n) is 7.41. The molecule has 2 heterocycles. The summed E-state index contributed by atoms with van der Waals surface area (Å²) in [5.74, 6) is 0. The van der Waals surface area contributed by atoms with Crippen LogP contribution in [0.25, 0.3) is 0 Å². The highest BCUT2D eigenvalue weighted by atomic mass is 32.2. The first kappa shape index (κ1) is 16.9. The lowest BCUT2D eigenvalue weighted by Crippen LogP contribution is -2.59. The molecule has 2 aliphatic rings. The van der Waals surface area contributed by atoms with Crippen molar-refractivity contribution in [1.82, 2.24) is 0 Å². The van der Waals surface area contributed by atoms with E-state index in [9.17, 15) is 5.11 Å². The zero-order valence-electron chi connectivity index (χ0n) is 14.8. The molecule has 0 aliphatic carbocycles. The minimum atomic E-state index is -0.933. The van der Waals surface area contributed by atoms with Crippen LogP contribution in [0.3, 0.4) is 0 Å². The van der Waals surface area contributed by atoms with Crippen LogP contribution in [0.2, 0.25) is 0 Å². The maximum atomic E-state index is 11.9. The zero-order chi connectivity index (χ0) is 17.5. The Kier molecular flexibility index (Phi) is 4.27. The number of quaternary nitrogens is 1. The molecule has 2 aromatic carbocycles. The standard InChI is InChI=1S/C22H26NOS/c1-3-14-23-15-6-9-21(23)19-7-4-5-8-20(19)22(24,16-23)17-10-12-18(25-2)13-11-17/h3-5,7-8,10-13,21,24H,1,6,9,14-16H2,2H3/q+1/t21-,22-,23+/m1/s1. The van der Waals surface area contributed by atoms with E-state index in [-0.39, 0.29) is 0 Å². The van der Waals surface area contributed by atoms with Crippen molar-refractivity contribution in [3.63, 3.8) is 0 Å². The fraction of sp³-hybridized carbons (Fsp3) is 0.364. The van der Waals surface area contributed by atoms with Crippen LogP contribution in [0, 0.1) is 0 Å². The van der Waals surface area contributed by atoms with Crippen molar-refractivity contribution in [3.05, 3.63) is 77.9 Å². The van der Waals surface area contributed by atoms with Gasteiger partial charge in [0.05, 0.1) is 13.1 Å². The third-order valence-electron chi connectivity index (χ3n) is 6.11. The van der Waals surface area contributed by atoms with E-state index < -0.39 is 5.60 Å². The average Bonchev–Trinajstić information content (AvgIpc) is 3.05. The molecule has 3 heteroatoms. The van der Waals surface area contributed by atoms with E-state index in [0.29, 0.717) is 6.04 Å². The Balaban J connectivity index is 1.89. The molecule has 2 aromatic rings. The molecule has 130 valence electrons. The van der Waals surface area contributed by atoms with Crippen LogP contribution in [-0.4, -0.2) is 35.5 Å². The minimum Gasteiger partial charge on any atom is -0.375 e. The Bertz CT molecular complexity index is 787. The van der Waals surface area contributed by atoms with Crippen LogP contribution >= 0.6 is 11.8 Å². The van der Waals surface area contributed by atoms with Crippen molar-refractivity contribution >= 4 is 11.8 Å². The molecule has 2 nitrogen and oxygen atoms in total. The molecule has 0 spiro atoms. The van der Waals surface area contributed by atoms with Gasteiger partial charge in [-0.3, -0.25) is 0 Å². The van der Waals surface area contributed by atoms with E-state index in [1.807, 2.05) is 6.08 Å². The van der Waals surface area contributed by atoms with Crippen LogP contribution < -0.4 is 0 Å². The largest absolute Gasteiger partial charge is 0.375 e. The first-order valence-corrected chi connectivity index (χ1v) is 10.3. The predicted molar refractivity (Wildman–Crippen MR) is 105 cm³/mol. The summed E-state index contributed by atoms with van der Waals surface area (Å²) in [6, 6.07) is 17.4. The molecule has 0 radical (unpaired) electrons. The summed E-state index contributed by atoms with van der Waals surface area (Å²) in [4.78, 5) is 1.23. The number of benzene rings is 2. The molecule has 2 aliphatic heterocycles. The molecular formula is C22H26NOS+. The normalized spacial score (nSPS) is 30.6. The molecule has 0 bridgehead atoms. The SMILES string of the molecule is C=CC[N@@+]12CCC[C@@H]1c1ccccc1[C@](O)(c1ccc(SC)cc1)C2. The summed E-state index contributed by atoms with van der Waals surface area (Å²) >= 11 is 1.73. The summed E-state index contributed by atoms with van der Waals surface area (Å²) in [5.41, 5.74) is 2.49. The first-order valence-electron chi connectivity index (χ1n) is 9.06. The molecule has 1 N–H and O–H groups in total. The summed E-state index contributed by atoms with van der Waals surface area (Å²) in [6.07, 6.45) is 6.53. The smallest absolute Gasteiger partial charge is 0.164 e. The molecule has 25 heavy (non-hydrogen) atoms. The van der Waals surface area contributed by atoms with Crippen molar-refractivity contribution in [1.29, 1.82) is 0 Å². The minimum absolute atomic E-state index is 0.486. The van der Waals surface area contributed by atoms with Gasteiger partial charge in [0, 0.05) is 28.9 Å². The van der Waals surface area contributed by atoms with E-state index in [0.717, 1.165) is 35.2 Å². The second-order valence-corrected chi connectivity index (χ2v) is 8.29. The molecule has 0 amide bonds. The van der Waals surface area contributed by atoms with Gasteiger partial charge in [-0.2, -0.15) is 0 Å². The maximum absolute atomic E-state index is 11.9. The van der Waals surface area contributed by atoms with Crippen LogP contribution in [0.4, 0.5) is 0 Å². The van der Waals surface area contributed by atoms with Gasteiger partial charge in [0.2, 0.25) is 0 Å². The zero-order valence-corrected chi connectivity index (χ0v) is 15.6. The number of thioether (sulfide) groups is 1. The number of nitrogens with zero attached hydrogens (tertiary/aromatic N) is 1. The van der Waals surface area contributed by atoms with Gasteiger partial charge in [-0.05, 0) is 30.0 Å². The van der Waals surface area contributed by atoms with Crippen LogP contribution in [0.1, 0.15) is 35.6 Å². The Morgan fingerprint density at radius 2 is 2.00 bits per heavy atom. The lowest BCUT2D eigenvalue weighted by Gasteiger charge is -2.50. The quantitative estimate of drug-likeness (QED) is 0.497. The number of hydrogen-bond donors (Lipinski definition) is 1. The van der Waals surface area contributed by atoms with Crippen LogP contribution in [-0.2, 0) is 5.60 Å². The van der Waals surface area contributed by atoms with E-state index in [1.54, 1.807) is 11.8 Å². The Morgan fingerprint density at radius 1 is 1.24 bits per heavy atom. The predicted octanol–water partition coefficient (Wildman–Crippen LogP) is 4.50. The van der Waals surface area contributed by atoms with E-state index >= 15 is 0 Å². The van der Waals surface area contributed by atoms with Crippen molar-refractivity contribution in [2.75, 3.05) is 25.9 Å². The number of fused-ring (bicyclic) bond motifs is 3. The van der Waals surface area contributed by atoms with E-state index in [2.05, 4.69) is 61.4 Å². The Hall–Kier alpha value is -1.55. The first-order chi connectivity index (χ1) is 12.1. The highest BCUT2D eigenvalue weighted by Gasteiger charge is 2.54. The van der Waals surface area contributed by atoms with Gasteiger partial charge in [-0.25, -0.2) is 0 Å². The number of rotatable bonds is 4. The number of hydrogen-bond acceptors (Lipinski definition) is 2. The lowest BCUT2D eigenvalue weighted by atomic mass is 9.76. The molecule has 3 atom stereocenters. The fourth-order valence-electron chi connectivity index (χ4n) is 5.03. The Morgan fingerprint density at radius 3 is 2.72 bits per heavy atom. The van der Waals surface area contributed by atoms with E-state index in [1.165, 1.54) is 23.3 Å². The van der Waals surface area contributed by atoms with E-state index in [4.69, 9.17) is 0 Å². The fourth-order valence-corrected chi connectivity index (χ4v) is 5.44. The monoisotopic (exact) mass is 352 g/mol. The second kappa shape index (κ2) is 6.31. The molecule has 1 saturated heterocycles. The van der Waals surface area contributed by atoms with Crippen molar-refractivity contribution in [3.8, 4) is 0 Å². The van der Waals surface area contributed by atoms with Gasteiger partial charge in [0.15, 0.2) is 5.60 Å². The van der Waals surface area contributed by atoms with Gasteiger partial charge in [-0.1, -0.05) is 43.0 Å². The average molecular weight is 353 g/mol. The third kappa shape index (κ3) is 2.57. The van der Waals surface area contributed by atoms with Gasteiger partial charge in [0.1, 0.15) is 12.6 Å². The van der Waals surface area contributed by atoms with Gasteiger partial charge >= 0.3 is 0 Å². The number of aliphatic hydroxyl groups is 1. The summed E-state index contributed by atoms with van der Waals surface area (Å²) in [5, 5.41) is 11.9. The van der Waals surface area contributed by atoms with Crippen LogP contribution in [0.15, 0.2) is 66.1 Å². The lowest BCUT2D eigenvalue weighted by molar-refractivity contribution is -0.948. The third-order valence-corrected chi connectivity index (χ3v) is 6.86. The van der Waals surface area contributed by atoms with Crippen molar-refractivity contribution in [2.24, 2.45) is 0 Å². The van der Waals surface area contributed by atoms with Crippen molar-refractivity contribution in [2.45, 2.75) is 29.4 Å². The van der Waals surface area contributed by atoms with Crippen molar-refractivity contribution < 1.29 is 9.59 Å². The summed E-state index contributed by atoms with van der Waals surface area (Å²) in [6.45, 7) is 6.79.